The second-order valence-electron chi connectivity index (χ2n) is 16.1. The Kier molecular flexibility index (Phi) is 26.8. The molecule has 9 radical (unpaired) electrons. The molecule has 0 spiro atoms. The largest absolute Gasteiger partial charge is 0 e. The molecule has 0 amide bonds. The Morgan fingerprint density at radius 1 is 0.405 bits per heavy atom. The minimum atomic E-state index is -0.556. The molecule has 7 heteroatoms. The molecule has 0 saturated heterocycles. The maximum Gasteiger partial charge on any atom is 0 e. The van der Waals surface area contributed by atoms with Crippen molar-refractivity contribution in [3.8, 4) is 0 Å². The zero-order valence-corrected chi connectivity index (χ0v) is 38.1. The number of rotatable bonds is 3. The van der Waals surface area contributed by atoms with Crippen LogP contribution in [0, 0.1) is 0 Å². The minimum Gasteiger partial charge on any atom is 0 e. The van der Waals surface area contributed by atoms with Gasteiger partial charge in [-0.25, -0.2) is 0 Å². The maximum absolute atomic E-state index is 4.89. The Labute approximate surface area is 269 Å². The molecule has 223 valence electrons. The summed E-state index contributed by atoms with van der Waals surface area (Å²) in [6.07, 6.45) is 0. The third-order valence-corrected chi connectivity index (χ3v) is 18.0. The molecule has 0 aliphatic heterocycles. The van der Waals surface area contributed by atoms with Crippen LogP contribution in [0.2, 0.25) is 48.4 Å². The predicted molar refractivity (Wildman–Crippen MR) is 190 cm³/mol. The summed E-state index contributed by atoms with van der Waals surface area (Å²) in [6.45, 7) is 50.1. The van der Waals surface area contributed by atoms with Gasteiger partial charge >= 0.3 is 33.6 Å². The Bertz CT molecular complexity index is 412. The van der Waals surface area contributed by atoms with Gasteiger partial charge in [0, 0.05) is 26.4 Å². The second-order valence-corrected chi connectivity index (χ2v) is 33.5. The molecule has 0 nitrogen and oxygen atoms in total. The molecule has 0 saturated carbocycles. The first-order chi connectivity index (χ1) is 15.5. The molecule has 0 aromatic rings. The summed E-state index contributed by atoms with van der Waals surface area (Å²) < 4.78 is 0. The molecule has 0 aliphatic carbocycles. The van der Waals surface area contributed by atoms with Gasteiger partial charge < -0.3 is 0 Å². The molecule has 37 heavy (non-hydrogen) atoms. The SMILES string of the molecule is CC(C)(C)[Si](C(C)(C)C)C(C)(C)C.CC(C)(C)[Si](C(C)(C)C)C(C)(C)C.CC[Si](CC)CC.[Cl][Ge][Cl].[Ge]. The normalized spacial score (nSPS) is 13.1. The number of hydrogen-bond donors (Lipinski definition) is 0. The molecule has 0 aromatic carbocycles. The van der Waals surface area contributed by atoms with E-state index in [4.69, 9.17) is 20.0 Å². The van der Waals surface area contributed by atoms with Crippen LogP contribution in [0.25, 0.3) is 0 Å². The second kappa shape index (κ2) is 20.3. The molecule has 0 unspecified atom stereocenters. The van der Waals surface area contributed by atoms with Gasteiger partial charge in [-0.3, -0.25) is 0 Å². The zero-order chi connectivity index (χ0) is 30.6. The van der Waals surface area contributed by atoms with Gasteiger partial charge in [-0.2, -0.15) is 0 Å². The molecule has 0 heterocycles. The van der Waals surface area contributed by atoms with Crippen molar-refractivity contribution >= 4 is 77.6 Å². The minimum absolute atomic E-state index is 0. The third-order valence-electron chi connectivity index (χ3n) is 6.00. The van der Waals surface area contributed by atoms with Gasteiger partial charge in [0.05, 0.1) is 17.6 Å². The summed E-state index contributed by atoms with van der Waals surface area (Å²) in [5.41, 5.74) is 0. The maximum atomic E-state index is 4.89. The van der Waals surface area contributed by atoms with Crippen molar-refractivity contribution in [2.75, 3.05) is 0 Å². The van der Waals surface area contributed by atoms with Crippen molar-refractivity contribution in [2.45, 2.75) is 194 Å². The summed E-state index contributed by atoms with van der Waals surface area (Å²) in [5, 5.41) is 2.92. The van der Waals surface area contributed by atoms with E-state index in [1.807, 2.05) is 0 Å². The van der Waals surface area contributed by atoms with Crippen molar-refractivity contribution in [1.82, 2.24) is 0 Å². The van der Waals surface area contributed by atoms with Crippen LogP contribution in [0.3, 0.4) is 0 Å². The predicted octanol–water partition coefficient (Wildman–Crippen LogP) is 12.9. The van der Waals surface area contributed by atoms with Gasteiger partial charge in [0.1, 0.15) is 0 Å². The fourth-order valence-electron chi connectivity index (χ4n) is 7.50. The standard InChI is InChI=1S/2C12H27Si.C6H15Si.Cl2Ge.Ge/c2*1-10(2,3)13(11(4,5)6)12(7,8)9;1-4-7(5-2)6-3;1-3-2;/h2*1-9H3;4-6H2,1-3H3;;. The van der Waals surface area contributed by atoms with Crippen molar-refractivity contribution < 1.29 is 0 Å². The molecule has 0 rings (SSSR count). The molecule has 0 bridgehead atoms. The molecule has 0 aliphatic rings. The summed E-state index contributed by atoms with van der Waals surface area (Å²) in [7, 11) is 9.13. The first-order valence-electron chi connectivity index (χ1n) is 14.1. The van der Waals surface area contributed by atoms with E-state index in [1.165, 1.54) is 18.1 Å². The van der Waals surface area contributed by atoms with Crippen LogP contribution in [0.15, 0.2) is 0 Å². The van der Waals surface area contributed by atoms with Crippen LogP contribution in [0.4, 0.5) is 0 Å². The Balaban J connectivity index is -0.000000134. The van der Waals surface area contributed by atoms with Crippen LogP contribution in [-0.4, -0.2) is 57.6 Å². The zero-order valence-electron chi connectivity index (χ0n) is 29.4. The van der Waals surface area contributed by atoms with E-state index in [9.17, 15) is 0 Å². The van der Waals surface area contributed by atoms with E-state index in [0.717, 1.165) is 0 Å². The quantitative estimate of drug-likeness (QED) is 0.254. The van der Waals surface area contributed by atoms with Crippen molar-refractivity contribution in [3.05, 3.63) is 0 Å². The van der Waals surface area contributed by atoms with E-state index < -0.39 is 31.2 Å². The fraction of sp³-hybridized carbons (Fsp3) is 1.00. The van der Waals surface area contributed by atoms with Crippen LogP contribution in [0.1, 0.15) is 145 Å². The molecule has 0 fully saturated rings. The van der Waals surface area contributed by atoms with Crippen molar-refractivity contribution in [1.29, 1.82) is 0 Å². The monoisotopic (exact) mass is 731 g/mol. The van der Waals surface area contributed by atoms with Crippen LogP contribution >= 0.6 is 20.0 Å². The van der Waals surface area contributed by atoms with Gasteiger partial charge in [-0.15, -0.1) is 0 Å². The molecular weight excluding hydrogens is 661 g/mol. The average Bonchev–Trinajstić information content (AvgIpc) is 2.49. The summed E-state index contributed by atoms with van der Waals surface area (Å²) in [5.74, 6) is 0. The van der Waals surface area contributed by atoms with Gasteiger partial charge in [0.25, 0.3) is 0 Å². The summed E-state index contributed by atoms with van der Waals surface area (Å²) in [4.78, 5) is 0. The van der Waals surface area contributed by atoms with E-state index in [0.29, 0.717) is 30.2 Å². The van der Waals surface area contributed by atoms with Crippen LogP contribution < -0.4 is 0 Å². The first-order valence-corrected chi connectivity index (χ1v) is 24.7. The van der Waals surface area contributed by atoms with Gasteiger partial charge in [0.2, 0.25) is 0 Å². The average molecular weight is 730 g/mol. The summed E-state index contributed by atoms with van der Waals surface area (Å²) >= 11 is -0.556. The first kappa shape index (κ1) is 49.0. The Morgan fingerprint density at radius 2 is 0.514 bits per heavy atom. The van der Waals surface area contributed by atoms with Gasteiger partial charge in [-0.05, 0) is 30.2 Å². The van der Waals surface area contributed by atoms with E-state index >= 15 is 0 Å². The number of halogens is 2. The molecular formula is C30H69Cl2Ge2Si3. The smallest absolute Gasteiger partial charge is 0 e. The molecule has 0 N–H and O–H groups in total. The molecule has 0 aromatic heterocycles. The van der Waals surface area contributed by atoms with Crippen molar-refractivity contribution in [3.63, 3.8) is 0 Å². The van der Waals surface area contributed by atoms with E-state index in [1.54, 1.807) is 0 Å². The van der Waals surface area contributed by atoms with Crippen LogP contribution in [-0.2, 0) is 0 Å². The van der Waals surface area contributed by atoms with Crippen molar-refractivity contribution in [2.24, 2.45) is 0 Å². The fourth-order valence-corrected chi connectivity index (χ4v) is 22.5. The topological polar surface area (TPSA) is 0 Å². The summed E-state index contributed by atoms with van der Waals surface area (Å²) in [6, 6.07) is 4.37. The van der Waals surface area contributed by atoms with E-state index in [-0.39, 0.29) is 26.4 Å². The van der Waals surface area contributed by atoms with E-state index in [2.05, 4.69) is 145 Å². The molecule has 0 atom stereocenters. The third kappa shape index (κ3) is 25.7. The Hall–Kier alpha value is 2.32. The van der Waals surface area contributed by atoms with Gasteiger partial charge in [0.15, 0.2) is 0 Å². The van der Waals surface area contributed by atoms with Crippen LogP contribution in [0.5, 0.6) is 0 Å². The number of hydrogen-bond acceptors (Lipinski definition) is 0. The Morgan fingerprint density at radius 3 is 0.514 bits per heavy atom. The van der Waals surface area contributed by atoms with Gasteiger partial charge in [-0.1, -0.05) is 164 Å².